The van der Waals surface area contributed by atoms with Crippen LogP contribution in [0.5, 0.6) is 0 Å². The Morgan fingerprint density at radius 2 is 2.08 bits per heavy atom. The first-order chi connectivity index (χ1) is 6.07. The van der Waals surface area contributed by atoms with Gasteiger partial charge in [-0.3, -0.25) is 10.3 Å². The van der Waals surface area contributed by atoms with Crippen molar-refractivity contribution in [3.8, 4) is 0 Å². The van der Waals surface area contributed by atoms with E-state index in [4.69, 9.17) is 11.1 Å². The van der Waals surface area contributed by atoms with Gasteiger partial charge in [0.2, 0.25) is 0 Å². The Bertz CT molecular complexity index is 148. The molecule has 3 N–H and O–H groups in total. The predicted molar refractivity (Wildman–Crippen MR) is 61.6 cm³/mol. The summed E-state index contributed by atoms with van der Waals surface area (Å²) >= 11 is 1.86. The van der Waals surface area contributed by atoms with Gasteiger partial charge in [-0.25, -0.2) is 0 Å². The molecule has 0 unspecified atom stereocenters. The number of nitrogens with two attached hydrogens (primary N) is 1. The Morgan fingerprint density at radius 1 is 1.46 bits per heavy atom. The van der Waals surface area contributed by atoms with E-state index in [1.165, 1.54) is 0 Å². The highest BCUT2D eigenvalue weighted by molar-refractivity contribution is 7.98. The molecule has 0 bridgehead atoms. The van der Waals surface area contributed by atoms with Gasteiger partial charge in [-0.1, -0.05) is 0 Å². The summed E-state index contributed by atoms with van der Waals surface area (Å²) in [6.07, 6.45) is 2.80. The molecule has 3 nitrogen and oxygen atoms in total. The number of nitrogens with one attached hydrogen (secondary N) is 1. The first-order valence-corrected chi connectivity index (χ1v) is 6.03. The standard InChI is InChI=1S/C9H21N3S/c1-8(2)12(6-7-13-3)5-4-9(10)11/h8H,4-7H2,1-3H3,(H3,10,11). The third-order valence-corrected chi connectivity index (χ3v) is 2.57. The Labute approximate surface area is 85.6 Å². The van der Waals surface area contributed by atoms with Gasteiger partial charge in [-0.05, 0) is 20.1 Å². The van der Waals surface area contributed by atoms with Crippen LogP contribution in [0.4, 0.5) is 0 Å². The maximum atomic E-state index is 7.15. The molecule has 0 aliphatic carbocycles. The van der Waals surface area contributed by atoms with Crippen molar-refractivity contribution in [3.05, 3.63) is 0 Å². The molecule has 0 aliphatic rings. The van der Waals surface area contributed by atoms with Gasteiger partial charge in [0.05, 0.1) is 5.84 Å². The second kappa shape index (κ2) is 7.21. The lowest BCUT2D eigenvalue weighted by Crippen LogP contribution is -2.35. The van der Waals surface area contributed by atoms with Crippen LogP contribution in [0.15, 0.2) is 0 Å². The third kappa shape index (κ3) is 6.90. The Kier molecular flexibility index (Phi) is 7.09. The molecule has 0 fully saturated rings. The molecule has 78 valence electrons. The van der Waals surface area contributed by atoms with Crippen molar-refractivity contribution in [1.29, 1.82) is 5.41 Å². The number of thioether (sulfide) groups is 1. The zero-order chi connectivity index (χ0) is 10.3. The van der Waals surface area contributed by atoms with E-state index in [-0.39, 0.29) is 5.84 Å². The predicted octanol–water partition coefficient (Wildman–Crippen LogP) is 1.39. The molecule has 0 radical (unpaired) electrons. The number of hydrogen-bond acceptors (Lipinski definition) is 3. The number of hydrogen-bond donors (Lipinski definition) is 2. The molecule has 0 aromatic rings. The summed E-state index contributed by atoms with van der Waals surface area (Å²) in [6, 6.07) is 0.548. The fraction of sp³-hybridized carbons (Fsp3) is 0.889. The van der Waals surface area contributed by atoms with Crippen molar-refractivity contribution in [2.45, 2.75) is 26.3 Å². The van der Waals surface area contributed by atoms with Crippen LogP contribution in [0.3, 0.4) is 0 Å². The van der Waals surface area contributed by atoms with Gasteiger partial charge in [0, 0.05) is 31.3 Å². The molecule has 13 heavy (non-hydrogen) atoms. The van der Waals surface area contributed by atoms with Gasteiger partial charge >= 0.3 is 0 Å². The van der Waals surface area contributed by atoms with Crippen molar-refractivity contribution in [2.75, 3.05) is 25.1 Å². The third-order valence-electron chi connectivity index (χ3n) is 1.98. The minimum Gasteiger partial charge on any atom is -0.388 e. The summed E-state index contributed by atoms with van der Waals surface area (Å²) in [5.74, 6) is 1.44. The van der Waals surface area contributed by atoms with E-state index in [0.29, 0.717) is 12.5 Å². The normalized spacial score (nSPS) is 11.2. The van der Waals surface area contributed by atoms with Gasteiger partial charge in [-0.2, -0.15) is 11.8 Å². The van der Waals surface area contributed by atoms with E-state index >= 15 is 0 Å². The molecular weight excluding hydrogens is 182 g/mol. The summed E-state index contributed by atoms with van der Waals surface area (Å²) in [4.78, 5) is 2.36. The van der Waals surface area contributed by atoms with E-state index < -0.39 is 0 Å². The smallest absolute Gasteiger partial charge is 0.0918 e. The summed E-state index contributed by atoms with van der Waals surface area (Å²) in [5, 5.41) is 7.15. The van der Waals surface area contributed by atoms with Crippen molar-refractivity contribution in [2.24, 2.45) is 5.73 Å². The van der Waals surface area contributed by atoms with Crippen LogP contribution in [0.2, 0.25) is 0 Å². The average Bonchev–Trinajstić information content (AvgIpc) is 2.03. The topological polar surface area (TPSA) is 53.1 Å². The molecule has 0 amide bonds. The lowest BCUT2D eigenvalue weighted by molar-refractivity contribution is 0.242. The quantitative estimate of drug-likeness (QED) is 0.485. The van der Waals surface area contributed by atoms with Crippen LogP contribution in [-0.4, -0.2) is 41.9 Å². The van der Waals surface area contributed by atoms with Gasteiger partial charge < -0.3 is 5.73 Å². The van der Waals surface area contributed by atoms with E-state index in [1.54, 1.807) is 0 Å². The number of amidine groups is 1. The maximum absolute atomic E-state index is 7.15. The van der Waals surface area contributed by atoms with E-state index in [2.05, 4.69) is 25.0 Å². The van der Waals surface area contributed by atoms with Gasteiger partial charge in [-0.15, -0.1) is 0 Å². The first-order valence-electron chi connectivity index (χ1n) is 4.63. The first kappa shape index (κ1) is 12.8. The van der Waals surface area contributed by atoms with Crippen LogP contribution in [0, 0.1) is 5.41 Å². The Balaban J connectivity index is 3.73. The zero-order valence-electron chi connectivity index (χ0n) is 8.84. The molecule has 4 heteroatoms. The fourth-order valence-electron chi connectivity index (χ4n) is 1.10. The van der Waals surface area contributed by atoms with Gasteiger partial charge in [0.25, 0.3) is 0 Å². The van der Waals surface area contributed by atoms with E-state index in [1.807, 2.05) is 11.8 Å². The SMILES string of the molecule is CSCCN(CCC(=N)N)C(C)C. The summed E-state index contributed by atoms with van der Waals surface area (Å²) < 4.78 is 0. The number of nitrogens with zero attached hydrogens (tertiary/aromatic N) is 1. The van der Waals surface area contributed by atoms with Gasteiger partial charge in [0.15, 0.2) is 0 Å². The fourth-order valence-corrected chi connectivity index (χ4v) is 1.52. The Hall–Kier alpha value is -0.220. The van der Waals surface area contributed by atoms with Crippen molar-refractivity contribution < 1.29 is 0 Å². The highest BCUT2D eigenvalue weighted by Crippen LogP contribution is 2.02. The molecule has 0 rings (SSSR count). The van der Waals surface area contributed by atoms with E-state index in [9.17, 15) is 0 Å². The van der Waals surface area contributed by atoms with Crippen LogP contribution >= 0.6 is 11.8 Å². The summed E-state index contributed by atoms with van der Waals surface area (Å²) in [5.41, 5.74) is 5.32. The second-order valence-corrected chi connectivity index (χ2v) is 4.38. The molecule has 0 spiro atoms. The second-order valence-electron chi connectivity index (χ2n) is 3.40. The van der Waals surface area contributed by atoms with Crippen LogP contribution < -0.4 is 5.73 Å². The summed E-state index contributed by atoms with van der Waals surface area (Å²) in [7, 11) is 0. The average molecular weight is 203 g/mol. The summed E-state index contributed by atoms with van der Waals surface area (Å²) in [6.45, 7) is 6.36. The van der Waals surface area contributed by atoms with E-state index in [0.717, 1.165) is 18.8 Å². The van der Waals surface area contributed by atoms with Gasteiger partial charge in [0.1, 0.15) is 0 Å². The molecule has 0 heterocycles. The molecular formula is C9H21N3S. The van der Waals surface area contributed by atoms with Crippen LogP contribution in [0.1, 0.15) is 20.3 Å². The lowest BCUT2D eigenvalue weighted by atomic mass is 10.3. The van der Waals surface area contributed by atoms with Crippen LogP contribution in [-0.2, 0) is 0 Å². The van der Waals surface area contributed by atoms with Crippen molar-refractivity contribution in [1.82, 2.24) is 4.90 Å². The number of rotatable bonds is 7. The Morgan fingerprint density at radius 3 is 2.46 bits per heavy atom. The molecule has 0 aliphatic heterocycles. The van der Waals surface area contributed by atoms with Crippen molar-refractivity contribution in [3.63, 3.8) is 0 Å². The monoisotopic (exact) mass is 203 g/mol. The molecule has 0 aromatic heterocycles. The molecule has 0 saturated heterocycles. The minimum atomic E-state index is 0.287. The molecule has 0 aromatic carbocycles. The van der Waals surface area contributed by atoms with Crippen molar-refractivity contribution >= 4 is 17.6 Å². The maximum Gasteiger partial charge on any atom is 0.0918 e. The zero-order valence-corrected chi connectivity index (χ0v) is 9.66. The molecule has 0 atom stereocenters. The van der Waals surface area contributed by atoms with Crippen LogP contribution in [0.25, 0.3) is 0 Å². The lowest BCUT2D eigenvalue weighted by Gasteiger charge is -2.25. The highest BCUT2D eigenvalue weighted by atomic mass is 32.2. The highest BCUT2D eigenvalue weighted by Gasteiger charge is 2.08. The minimum absolute atomic E-state index is 0.287. The largest absolute Gasteiger partial charge is 0.388 e. The molecule has 0 saturated carbocycles.